The summed E-state index contributed by atoms with van der Waals surface area (Å²) >= 11 is 2.28. The van der Waals surface area contributed by atoms with E-state index < -0.39 is 6.04 Å². The van der Waals surface area contributed by atoms with E-state index in [2.05, 4.69) is 48.9 Å². The van der Waals surface area contributed by atoms with Crippen LogP contribution in [-0.4, -0.2) is 19.5 Å². The fraction of sp³-hybridized carbons (Fsp3) is 0.115. The average Bonchev–Trinajstić information content (AvgIpc) is 2.88. The molecule has 0 saturated carbocycles. The smallest absolute Gasteiger partial charge is 0.263 e. The number of hydrogen-bond acceptors (Lipinski definition) is 7. The molecule has 0 unspecified atom stereocenters. The van der Waals surface area contributed by atoms with Crippen LogP contribution in [0.1, 0.15) is 29.8 Å². The van der Waals surface area contributed by atoms with Crippen LogP contribution in [0.15, 0.2) is 71.8 Å². The minimum atomic E-state index is -0.392. The summed E-state index contributed by atoms with van der Waals surface area (Å²) in [6, 6.07) is 19.2. The van der Waals surface area contributed by atoms with Crippen LogP contribution in [0.3, 0.4) is 0 Å². The summed E-state index contributed by atoms with van der Waals surface area (Å²) in [7, 11) is 0. The van der Waals surface area contributed by atoms with E-state index in [1.807, 2.05) is 61.5 Å². The average molecular weight is 573 g/mol. The van der Waals surface area contributed by atoms with E-state index in [0.717, 1.165) is 21.9 Å². The highest BCUT2D eigenvalue weighted by molar-refractivity contribution is 14.1. The normalized spacial score (nSPS) is 11.9. The molecule has 0 fully saturated rings. The Balaban J connectivity index is 1.75. The van der Waals surface area contributed by atoms with E-state index in [1.165, 1.54) is 6.20 Å². The van der Waals surface area contributed by atoms with Gasteiger partial charge in [0, 0.05) is 21.7 Å². The minimum Gasteiger partial charge on any atom is -0.368 e. The lowest BCUT2D eigenvalue weighted by Gasteiger charge is -2.22. The largest absolute Gasteiger partial charge is 0.368 e. The molecule has 3 N–H and O–H groups in total. The number of nitrogens with zero attached hydrogens (tertiary/aromatic N) is 5. The Morgan fingerprint density at radius 3 is 2.77 bits per heavy atom. The highest BCUT2D eigenvalue weighted by atomic mass is 127. The van der Waals surface area contributed by atoms with Gasteiger partial charge in [0.05, 0.1) is 28.8 Å². The molecule has 5 aromatic rings. The van der Waals surface area contributed by atoms with E-state index in [0.29, 0.717) is 27.0 Å². The third kappa shape index (κ3) is 4.17. The maximum atomic E-state index is 14.0. The molecule has 0 saturated heterocycles. The summed E-state index contributed by atoms with van der Waals surface area (Å²) in [5.74, 6) is 0.370. The summed E-state index contributed by atoms with van der Waals surface area (Å²) in [5, 5.41) is 15.3. The highest BCUT2D eigenvalue weighted by Crippen LogP contribution is 2.28. The Labute approximate surface area is 214 Å². The number of alkyl halides is 1. The number of anilines is 2. The number of hydrogen-bond donors (Lipinski definition) is 2. The van der Waals surface area contributed by atoms with Crippen LogP contribution < -0.4 is 16.6 Å². The van der Waals surface area contributed by atoms with Crippen molar-refractivity contribution in [3.63, 3.8) is 0 Å². The quantitative estimate of drug-likeness (QED) is 0.227. The number of nitrogen functional groups attached to an aromatic ring is 1. The number of nitrogens with one attached hydrogen (secondary N) is 1. The highest BCUT2D eigenvalue weighted by Gasteiger charge is 2.20. The Kier molecular flexibility index (Phi) is 6.05. The number of aromatic nitrogens is 4. The first-order chi connectivity index (χ1) is 17.0. The molecule has 0 aliphatic carbocycles. The number of pyridine rings is 2. The van der Waals surface area contributed by atoms with Crippen LogP contribution in [0.5, 0.6) is 0 Å². The zero-order valence-corrected chi connectivity index (χ0v) is 20.9. The van der Waals surface area contributed by atoms with Crippen molar-refractivity contribution in [1.29, 1.82) is 5.26 Å². The first-order valence-corrected chi connectivity index (χ1v) is 12.4. The Morgan fingerprint density at radius 1 is 1.14 bits per heavy atom. The molecule has 0 aliphatic rings. The standard InChI is InChI=1S/C26H20IN7O/c1-15(32-24-19(13-28)14-31-26(29)33-24)22-10-17-4-2-5-18(12-27)23(17)25(35)34(22)20-8-7-16-6-3-9-30-21(16)11-20/h2-11,14-15H,12H2,1H3,(H3,29,31,32,33)/t15-/m0/s1. The molecule has 35 heavy (non-hydrogen) atoms. The van der Waals surface area contributed by atoms with Crippen molar-refractivity contribution in [2.75, 3.05) is 11.1 Å². The summed E-state index contributed by atoms with van der Waals surface area (Å²) in [6.45, 7) is 1.91. The molecule has 0 bridgehead atoms. The number of fused-ring (bicyclic) bond motifs is 2. The SMILES string of the molecule is C[C@H](Nc1nc(N)ncc1C#N)c1cc2cccc(CI)c2c(=O)n1-c1ccc2cccnc2c1. The third-order valence-electron chi connectivity index (χ3n) is 5.88. The summed E-state index contributed by atoms with van der Waals surface area (Å²) < 4.78 is 2.42. The van der Waals surface area contributed by atoms with E-state index in [1.54, 1.807) is 10.8 Å². The van der Waals surface area contributed by atoms with Gasteiger partial charge in [-0.3, -0.25) is 14.3 Å². The summed E-state index contributed by atoms with van der Waals surface area (Å²) in [4.78, 5) is 26.6. The van der Waals surface area contributed by atoms with Gasteiger partial charge >= 0.3 is 0 Å². The van der Waals surface area contributed by atoms with Gasteiger partial charge in [-0.05, 0) is 42.1 Å². The van der Waals surface area contributed by atoms with Crippen LogP contribution in [0, 0.1) is 11.3 Å². The van der Waals surface area contributed by atoms with Crippen molar-refractivity contribution in [3.05, 3.63) is 94.2 Å². The lowest BCUT2D eigenvalue weighted by atomic mass is 10.0. The number of rotatable bonds is 5. The van der Waals surface area contributed by atoms with Gasteiger partial charge in [0.2, 0.25) is 5.95 Å². The van der Waals surface area contributed by atoms with Gasteiger partial charge in [0.1, 0.15) is 17.5 Å². The molecule has 3 heterocycles. The van der Waals surface area contributed by atoms with Gasteiger partial charge in [-0.1, -0.05) is 52.9 Å². The predicted molar refractivity (Wildman–Crippen MR) is 146 cm³/mol. The summed E-state index contributed by atoms with van der Waals surface area (Å²) in [6.07, 6.45) is 3.12. The molecule has 172 valence electrons. The molecule has 3 aromatic heterocycles. The second-order valence-corrected chi connectivity index (χ2v) is 8.84. The molecule has 1 atom stereocenters. The molecule has 0 amide bonds. The first kappa shape index (κ1) is 22.7. The zero-order valence-electron chi connectivity index (χ0n) is 18.7. The van der Waals surface area contributed by atoms with Crippen molar-refractivity contribution in [1.82, 2.24) is 19.5 Å². The van der Waals surface area contributed by atoms with Gasteiger partial charge in [-0.2, -0.15) is 10.2 Å². The lowest BCUT2D eigenvalue weighted by molar-refractivity contribution is 0.772. The molecule has 0 spiro atoms. The number of halogens is 1. The number of nitrogens with two attached hydrogens (primary N) is 1. The maximum absolute atomic E-state index is 14.0. The lowest BCUT2D eigenvalue weighted by Crippen LogP contribution is -2.26. The van der Waals surface area contributed by atoms with Crippen LogP contribution in [0.25, 0.3) is 27.4 Å². The van der Waals surface area contributed by atoms with Gasteiger partial charge in [0.25, 0.3) is 5.56 Å². The van der Waals surface area contributed by atoms with Crippen LogP contribution in [0.2, 0.25) is 0 Å². The van der Waals surface area contributed by atoms with Crippen molar-refractivity contribution in [3.8, 4) is 11.8 Å². The van der Waals surface area contributed by atoms with Gasteiger partial charge < -0.3 is 11.1 Å². The van der Waals surface area contributed by atoms with Crippen molar-refractivity contribution in [2.45, 2.75) is 17.4 Å². The number of nitriles is 1. The van der Waals surface area contributed by atoms with E-state index in [9.17, 15) is 10.1 Å². The van der Waals surface area contributed by atoms with Crippen LogP contribution >= 0.6 is 22.6 Å². The molecule has 9 heteroatoms. The minimum absolute atomic E-state index is 0.0573. The molecular formula is C26H20IN7O. The second kappa shape index (κ2) is 9.31. The van der Waals surface area contributed by atoms with Crippen molar-refractivity contribution >= 4 is 56.0 Å². The van der Waals surface area contributed by atoms with E-state index >= 15 is 0 Å². The van der Waals surface area contributed by atoms with Crippen molar-refractivity contribution < 1.29 is 0 Å². The second-order valence-electron chi connectivity index (χ2n) is 8.07. The molecule has 0 radical (unpaired) electrons. The Bertz CT molecular complexity index is 1690. The molecule has 0 aliphatic heterocycles. The number of benzene rings is 2. The summed E-state index contributed by atoms with van der Waals surface area (Å²) in [5.41, 5.74) is 9.11. The van der Waals surface area contributed by atoms with Gasteiger partial charge in [0.15, 0.2) is 0 Å². The molecular weight excluding hydrogens is 553 g/mol. The molecule has 8 nitrogen and oxygen atoms in total. The van der Waals surface area contributed by atoms with Gasteiger partial charge in [-0.15, -0.1) is 0 Å². The topological polar surface area (TPSA) is 123 Å². The van der Waals surface area contributed by atoms with E-state index in [-0.39, 0.29) is 17.1 Å². The van der Waals surface area contributed by atoms with E-state index in [4.69, 9.17) is 5.73 Å². The first-order valence-electron chi connectivity index (χ1n) is 10.9. The van der Waals surface area contributed by atoms with Crippen molar-refractivity contribution in [2.24, 2.45) is 0 Å². The third-order valence-corrected chi connectivity index (χ3v) is 6.70. The van der Waals surface area contributed by atoms with Gasteiger partial charge in [-0.25, -0.2) is 4.98 Å². The van der Waals surface area contributed by atoms with Crippen LogP contribution in [0.4, 0.5) is 11.8 Å². The fourth-order valence-electron chi connectivity index (χ4n) is 4.21. The Hall–Kier alpha value is -4.04. The molecule has 5 rings (SSSR count). The van der Waals surface area contributed by atoms with Crippen LogP contribution in [-0.2, 0) is 4.43 Å². The maximum Gasteiger partial charge on any atom is 0.263 e. The monoisotopic (exact) mass is 573 g/mol. The molecule has 2 aromatic carbocycles. The Morgan fingerprint density at radius 2 is 1.97 bits per heavy atom. The fourth-order valence-corrected chi connectivity index (χ4v) is 4.85. The zero-order chi connectivity index (χ0) is 24.5. The predicted octanol–water partition coefficient (Wildman–Crippen LogP) is 4.89.